The Kier molecular flexibility index (Phi) is 9.01. The lowest BCUT2D eigenvalue weighted by Gasteiger charge is -2.18. The van der Waals surface area contributed by atoms with Gasteiger partial charge in [0, 0.05) is 35.6 Å². The molecule has 3 N–H and O–H groups in total. The molecule has 0 saturated heterocycles. The van der Waals surface area contributed by atoms with Crippen LogP contribution in [0.2, 0.25) is 0 Å². The quantitative estimate of drug-likeness (QED) is 0.399. The largest absolute Gasteiger partial charge is 0.376 e. The van der Waals surface area contributed by atoms with E-state index in [4.69, 9.17) is 0 Å². The molecular formula is C28H32N4O3. The fourth-order valence-electron chi connectivity index (χ4n) is 3.62. The molecule has 3 aromatic rings. The van der Waals surface area contributed by atoms with Crippen LogP contribution in [-0.2, 0) is 4.79 Å². The van der Waals surface area contributed by atoms with Gasteiger partial charge in [-0.3, -0.25) is 14.4 Å². The maximum absolute atomic E-state index is 12.5. The maximum Gasteiger partial charge on any atom is 0.253 e. The van der Waals surface area contributed by atoms with Gasteiger partial charge in [0.15, 0.2) is 0 Å². The van der Waals surface area contributed by atoms with Crippen LogP contribution in [0.5, 0.6) is 0 Å². The Morgan fingerprint density at radius 1 is 0.771 bits per heavy atom. The van der Waals surface area contributed by atoms with Gasteiger partial charge in [-0.15, -0.1) is 0 Å². The van der Waals surface area contributed by atoms with E-state index in [0.717, 1.165) is 11.3 Å². The number of benzene rings is 3. The number of anilines is 2. The van der Waals surface area contributed by atoms with Crippen LogP contribution in [0, 0.1) is 0 Å². The number of nitrogens with one attached hydrogen (secondary N) is 3. The first kappa shape index (κ1) is 25.5. The summed E-state index contributed by atoms with van der Waals surface area (Å²) >= 11 is 0. The van der Waals surface area contributed by atoms with E-state index in [-0.39, 0.29) is 30.3 Å². The van der Waals surface area contributed by atoms with Gasteiger partial charge in [0.2, 0.25) is 5.91 Å². The lowest BCUT2D eigenvalue weighted by atomic mass is 10.1. The highest BCUT2D eigenvalue weighted by molar-refractivity contribution is 5.97. The summed E-state index contributed by atoms with van der Waals surface area (Å²) in [5.41, 5.74) is 3.52. The monoisotopic (exact) mass is 472 g/mol. The zero-order chi connectivity index (χ0) is 25.2. The van der Waals surface area contributed by atoms with Gasteiger partial charge in [0.25, 0.3) is 11.8 Å². The summed E-state index contributed by atoms with van der Waals surface area (Å²) in [6.45, 7) is 7.19. The molecule has 0 aliphatic heterocycles. The molecule has 0 fully saturated rings. The Bertz CT molecular complexity index is 1130. The Hall–Kier alpha value is -4.13. The molecule has 3 rings (SSSR count). The topological polar surface area (TPSA) is 90.5 Å². The second-order valence-corrected chi connectivity index (χ2v) is 8.14. The molecule has 0 aromatic heterocycles. The van der Waals surface area contributed by atoms with Crippen molar-refractivity contribution in [3.05, 3.63) is 95.6 Å². The summed E-state index contributed by atoms with van der Waals surface area (Å²) < 4.78 is 0. The molecule has 7 nitrogen and oxygen atoms in total. The molecule has 0 saturated carbocycles. The molecule has 3 amide bonds. The maximum atomic E-state index is 12.5. The molecule has 0 heterocycles. The van der Waals surface area contributed by atoms with E-state index in [2.05, 4.69) is 16.0 Å². The number of carbonyl (C=O) groups is 3. The molecule has 3 aromatic carbocycles. The van der Waals surface area contributed by atoms with Crippen LogP contribution < -0.4 is 16.0 Å². The fourth-order valence-corrected chi connectivity index (χ4v) is 3.62. The van der Waals surface area contributed by atoms with E-state index < -0.39 is 0 Å². The highest BCUT2D eigenvalue weighted by atomic mass is 16.2. The van der Waals surface area contributed by atoms with Crippen molar-refractivity contribution in [2.75, 3.05) is 30.3 Å². The number of hydrogen-bond acceptors (Lipinski definition) is 4. The first-order valence-electron chi connectivity index (χ1n) is 11.8. The van der Waals surface area contributed by atoms with E-state index in [9.17, 15) is 14.4 Å². The van der Waals surface area contributed by atoms with Crippen LogP contribution in [-0.4, -0.2) is 42.3 Å². The van der Waals surface area contributed by atoms with Gasteiger partial charge < -0.3 is 20.9 Å². The second kappa shape index (κ2) is 12.4. The van der Waals surface area contributed by atoms with Gasteiger partial charge in [-0.2, -0.15) is 0 Å². The molecule has 1 unspecified atom stereocenters. The van der Waals surface area contributed by atoms with Crippen LogP contribution in [0.25, 0.3) is 0 Å². The number of carbonyl (C=O) groups excluding carboxylic acids is 3. The first-order chi connectivity index (χ1) is 16.9. The molecule has 0 aliphatic carbocycles. The average Bonchev–Trinajstić information content (AvgIpc) is 2.89. The summed E-state index contributed by atoms with van der Waals surface area (Å²) in [6, 6.07) is 23.5. The smallest absolute Gasteiger partial charge is 0.253 e. The van der Waals surface area contributed by atoms with Gasteiger partial charge in [0.05, 0.1) is 12.6 Å². The highest BCUT2D eigenvalue weighted by Gasteiger charge is 2.13. The standard InChI is InChI=1S/C28H32N4O3/c1-4-32(5-2)28(35)23-13-17-25(18-14-23)31-26(33)19-29-24-15-11-22(12-16-24)27(34)30-20(3)21-9-7-6-8-10-21/h6-18,20,29H,4-5,19H2,1-3H3,(H,30,34)(H,31,33). The Labute approximate surface area is 206 Å². The summed E-state index contributed by atoms with van der Waals surface area (Å²) in [7, 11) is 0. The van der Waals surface area contributed by atoms with Crippen molar-refractivity contribution in [1.29, 1.82) is 0 Å². The minimum absolute atomic E-state index is 0.0267. The van der Waals surface area contributed by atoms with Crippen molar-refractivity contribution >= 4 is 29.1 Å². The van der Waals surface area contributed by atoms with Crippen LogP contribution in [0.15, 0.2) is 78.9 Å². The van der Waals surface area contributed by atoms with Crippen molar-refractivity contribution in [3.63, 3.8) is 0 Å². The summed E-state index contributed by atoms with van der Waals surface area (Å²) in [5.74, 6) is -0.402. The van der Waals surface area contributed by atoms with E-state index in [1.54, 1.807) is 53.4 Å². The van der Waals surface area contributed by atoms with Crippen LogP contribution in [0.4, 0.5) is 11.4 Å². The Balaban J connectivity index is 1.48. The lowest BCUT2D eigenvalue weighted by molar-refractivity contribution is -0.114. The van der Waals surface area contributed by atoms with Crippen LogP contribution in [0.3, 0.4) is 0 Å². The van der Waals surface area contributed by atoms with Crippen molar-refractivity contribution < 1.29 is 14.4 Å². The molecule has 0 radical (unpaired) electrons. The predicted molar refractivity (Wildman–Crippen MR) is 140 cm³/mol. The number of hydrogen-bond donors (Lipinski definition) is 3. The van der Waals surface area contributed by atoms with Gasteiger partial charge in [-0.1, -0.05) is 30.3 Å². The van der Waals surface area contributed by atoms with Gasteiger partial charge >= 0.3 is 0 Å². The molecule has 1 atom stereocenters. The van der Waals surface area contributed by atoms with Crippen molar-refractivity contribution in [3.8, 4) is 0 Å². The molecule has 182 valence electrons. The zero-order valence-corrected chi connectivity index (χ0v) is 20.4. The molecule has 7 heteroatoms. The van der Waals surface area contributed by atoms with E-state index in [1.165, 1.54) is 0 Å². The third-order valence-corrected chi connectivity index (χ3v) is 5.71. The highest BCUT2D eigenvalue weighted by Crippen LogP contribution is 2.15. The molecular weight excluding hydrogens is 440 g/mol. The lowest BCUT2D eigenvalue weighted by Crippen LogP contribution is -2.30. The van der Waals surface area contributed by atoms with Crippen molar-refractivity contribution in [1.82, 2.24) is 10.2 Å². The number of amides is 3. The van der Waals surface area contributed by atoms with Gasteiger partial charge in [-0.05, 0) is 74.9 Å². The van der Waals surface area contributed by atoms with Crippen LogP contribution >= 0.6 is 0 Å². The molecule has 35 heavy (non-hydrogen) atoms. The summed E-state index contributed by atoms with van der Waals surface area (Å²) in [6.07, 6.45) is 0. The molecule has 0 spiro atoms. The second-order valence-electron chi connectivity index (χ2n) is 8.14. The summed E-state index contributed by atoms with van der Waals surface area (Å²) in [4.78, 5) is 39.0. The van der Waals surface area contributed by atoms with Crippen LogP contribution in [0.1, 0.15) is 53.1 Å². The Morgan fingerprint density at radius 3 is 1.94 bits per heavy atom. The normalized spacial score (nSPS) is 11.3. The third kappa shape index (κ3) is 7.17. The minimum Gasteiger partial charge on any atom is -0.376 e. The van der Waals surface area contributed by atoms with E-state index in [0.29, 0.717) is 29.9 Å². The fraction of sp³-hybridized carbons (Fsp3) is 0.250. The van der Waals surface area contributed by atoms with E-state index in [1.807, 2.05) is 51.1 Å². The molecule has 0 aliphatic rings. The summed E-state index contributed by atoms with van der Waals surface area (Å²) in [5, 5.41) is 8.85. The number of nitrogens with zero attached hydrogens (tertiary/aromatic N) is 1. The molecule has 0 bridgehead atoms. The van der Waals surface area contributed by atoms with Crippen molar-refractivity contribution in [2.24, 2.45) is 0 Å². The van der Waals surface area contributed by atoms with Gasteiger partial charge in [0.1, 0.15) is 0 Å². The first-order valence-corrected chi connectivity index (χ1v) is 11.8. The Morgan fingerprint density at radius 2 is 1.34 bits per heavy atom. The predicted octanol–water partition coefficient (Wildman–Crippen LogP) is 4.71. The third-order valence-electron chi connectivity index (χ3n) is 5.71. The van der Waals surface area contributed by atoms with Crippen molar-refractivity contribution in [2.45, 2.75) is 26.8 Å². The van der Waals surface area contributed by atoms with Gasteiger partial charge in [-0.25, -0.2) is 0 Å². The number of rotatable bonds is 10. The SMILES string of the molecule is CCN(CC)C(=O)c1ccc(NC(=O)CNc2ccc(C(=O)NC(C)c3ccccc3)cc2)cc1. The zero-order valence-electron chi connectivity index (χ0n) is 20.4. The average molecular weight is 473 g/mol. The minimum atomic E-state index is -0.216. The van der Waals surface area contributed by atoms with E-state index >= 15 is 0 Å².